The highest BCUT2D eigenvalue weighted by Crippen LogP contribution is 2.14. The number of nitrogens with zero attached hydrogens (tertiary/aromatic N) is 4. The van der Waals surface area contributed by atoms with Gasteiger partial charge in [0, 0.05) is 4.88 Å². The van der Waals surface area contributed by atoms with Gasteiger partial charge >= 0.3 is 0 Å². The summed E-state index contributed by atoms with van der Waals surface area (Å²) in [5.74, 6) is -0.356. The Morgan fingerprint density at radius 1 is 1.25 bits per heavy atom. The third-order valence-electron chi connectivity index (χ3n) is 4.17. The molecule has 3 aromatic heterocycles. The topological polar surface area (TPSA) is 82.2 Å². The number of aliphatic hydroxyl groups excluding tert-OH is 1. The molecule has 0 aliphatic carbocycles. The van der Waals surface area contributed by atoms with Crippen molar-refractivity contribution in [3.63, 3.8) is 0 Å². The van der Waals surface area contributed by atoms with E-state index in [0.29, 0.717) is 23.3 Å². The summed E-state index contributed by atoms with van der Waals surface area (Å²) in [6.45, 7) is 0.594. The molecule has 0 aliphatic rings. The molecule has 0 saturated carbocycles. The molecule has 0 radical (unpaired) electrons. The van der Waals surface area contributed by atoms with Crippen molar-refractivity contribution in [1.82, 2.24) is 19.3 Å². The van der Waals surface area contributed by atoms with E-state index in [4.69, 9.17) is 4.74 Å². The van der Waals surface area contributed by atoms with Crippen LogP contribution in [-0.2, 0) is 17.9 Å². The Hall–Kier alpha value is -2.88. The monoisotopic (exact) mass is 400 g/mol. The van der Waals surface area contributed by atoms with Crippen LogP contribution in [0.4, 0.5) is 4.39 Å². The summed E-state index contributed by atoms with van der Waals surface area (Å²) < 4.78 is 21.4. The minimum absolute atomic E-state index is 0.0634. The fourth-order valence-corrected chi connectivity index (χ4v) is 3.46. The van der Waals surface area contributed by atoms with Crippen LogP contribution in [-0.4, -0.2) is 37.1 Å². The number of hydrogen-bond acceptors (Lipinski definition) is 6. The van der Waals surface area contributed by atoms with Crippen LogP contribution in [0.2, 0.25) is 0 Å². The third-order valence-corrected chi connectivity index (χ3v) is 5.02. The summed E-state index contributed by atoms with van der Waals surface area (Å²) in [5.41, 5.74) is 0.662. The summed E-state index contributed by atoms with van der Waals surface area (Å²) in [5, 5.41) is 16.6. The van der Waals surface area contributed by atoms with Gasteiger partial charge in [-0.15, -0.1) is 11.3 Å². The van der Waals surface area contributed by atoms with Gasteiger partial charge in [0.25, 0.3) is 5.56 Å². The first-order chi connectivity index (χ1) is 13.6. The molecule has 9 heteroatoms. The van der Waals surface area contributed by atoms with Crippen LogP contribution < -0.4 is 5.56 Å². The number of fused-ring (bicyclic) bond motifs is 1. The Morgan fingerprint density at radius 2 is 2.07 bits per heavy atom. The molecule has 1 N–H and O–H groups in total. The molecule has 144 valence electrons. The largest absolute Gasteiger partial charge is 0.389 e. The molecule has 1 atom stereocenters. The molecule has 0 fully saturated rings. The molecule has 0 spiro atoms. The molecule has 0 amide bonds. The lowest BCUT2D eigenvalue weighted by Gasteiger charge is -2.12. The van der Waals surface area contributed by atoms with Gasteiger partial charge in [0.15, 0.2) is 5.65 Å². The minimum Gasteiger partial charge on any atom is -0.389 e. The van der Waals surface area contributed by atoms with Crippen LogP contribution in [0.15, 0.2) is 59.1 Å². The smallest absolute Gasteiger partial charge is 0.264 e. The standard InChI is InChI=1S/C19H17FN4O3S/c20-13-3-5-14(6-4-13)24-18-17(8-22-24)19(26)23(12-21-18)9-15(25)10-27-11-16-2-1-7-28-16/h1-8,12,15,25H,9-11H2. The molecule has 3 heterocycles. The van der Waals surface area contributed by atoms with Crippen LogP contribution in [0.1, 0.15) is 4.88 Å². The zero-order valence-electron chi connectivity index (χ0n) is 14.7. The maximum atomic E-state index is 13.1. The highest BCUT2D eigenvalue weighted by Gasteiger charge is 2.14. The predicted octanol–water partition coefficient (Wildman–Crippen LogP) is 2.36. The zero-order valence-corrected chi connectivity index (χ0v) is 15.6. The maximum absolute atomic E-state index is 13.1. The molecule has 1 unspecified atom stereocenters. The summed E-state index contributed by atoms with van der Waals surface area (Å²) in [6, 6.07) is 9.64. The molecular formula is C19H17FN4O3S. The van der Waals surface area contributed by atoms with E-state index in [2.05, 4.69) is 10.1 Å². The lowest BCUT2D eigenvalue weighted by Crippen LogP contribution is -2.29. The Balaban J connectivity index is 1.48. The average molecular weight is 400 g/mol. The Kier molecular flexibility index (Phi) is 5.29. The van der Waals surface area contributed by atoms with Crippen LogP contribution >= 0.6 is 11.3 Å². The first-order valence-electron chi connectivity index (χ1n) is 8.59. The van der Waals surface area contributed by atoms with Gasteiger partial charge in [-0.1, -0.05) is 6.07 Å². The van der Waals surface area contributed by atoms with Gasteiger partial charge in [0.05, 0.1) is 37.7 Å². The number of thiophene rings is 1. The number of aromatic nitrogens is 4. The van der Waals surface area contributed by atoms with Crippen molar-refractivity contribution in [2.75, 3.05) is 6.61 Å². The second kappa shape index (κ2) is 8.01. The van der Waals surface area contributed by atoms with Crippen molar-refractivity contribution in [2.45, 2.75) is 19.3 Å². The van der Waals surface area contributed by atoms with Crippen molar-refractivity contribution in [3.05, 3.63) is 75.4 Å². The van der Waals surface area contributed by atoms with Crippen LogP contribution in [0.5, 0.6) is 0 Å². The van der Waals surface area contributed by atoms with Gasteiger partial charge in [-0.3, -0.25) is 9.36 Å². The normalized spacial score (nSPS) is 12.5. The predicted molar refractivity (Wildman–Crippen MR) is 103 cm³/mol. The highest BCUT2D eigenvalue weighted by molar-refractivity contribution is 7.09. The summed E-state index contributed by atoms with van der Waals surface area (Å²) in [4.78, 5) is 18.0. The molecule has 28 heavy (non-hydrogen) atoms. The van der Waals surface area contributed by atoms with Crippen LogP contribution in [0.25, 0.3) is 16.7 Å². The molecular weight excluding hydrogens is 383 g/mol. The van der Waals surface area contributed by atoms with Gasteiger partial charge < -0.3 is 9.84 Å². The summed E-state index contributed by atoms with van der Waals surface area (Å²) in [7, 11) is 0. The average Bonchev–Trinajstić information content (AvgIpc) is 3.35. The number of ether oxygens (including phenoxy) is 1. The lowest BCUT2D eigenvalue weighted by atomic mass is 10.3. The molecule has 0 bridgehead atoms. The number of rotatable bonds is 7. The van der Waals surface area contributed by atoms with E-state index in [1.807, 2.05) is 17.5 Å². The fraction of sp³-hybridized carbons (Fsp3) is 0.211. The second-order valence-electron chi connectivity index (χ2n) is 6.22. The van der Waals surface area contributed by atoms with Crippen molar-refractivity contribution < 1.29 is 14.2 Å². The van der Waals surface area contributed by atoms with Crippen LogP contribution in [0, 0.1) is 5.82 Å². The van der Waals surface area contributed by atoms with Gasteiger partial charge in [-0.2, -0.15) is 5.10 Å². The van der Waals surface area contributed by atoms with Crippen molar-refractivity contribution in [2.24, 2.45) is 0 Å². The Morgan fingerprint density at radius 3 is 2.82 bits per heavy atom. The summed E-state index contributed by atoms with van der Waals surface area (Å²) in [6.07, 6.45) is 1.95. The van der Waals surface area contributed by atoms with E-state index < -0.39 is 6.10 Å². The van der Waals surface area contributed by atoms with Crippen molar-refractivity contribution >= 4 is 22.4 Å². The molecule has 0 aliphatic heterocycles. The van der Waals surface area contributed by atoms with Crippen molar-refractivity contribution in [1.29, 1.82) is 0 Å². The number of aliphatic hydroxyl groups is 1. The maximum Gasteiger partial charge on any atom is 0.264 e. The molecule has 4 aromatic rings. The second-order valence-corrected chi connectivity index (χ2v) is 7.25. The van der Waals surface area contributed by atoms with Crippen molar-refractivity contribution in [3.8, 4) is 5.69 Å². The van der Waals surface area contributed by atoms with Gasteiger partial charge in [-0.25, -0.2) is 14.1 Å². The van der Waals surface area contributed by atoms with Gasteiger partial charge in [-0.05, 0) is 35.7 Å². The SMILES string of the molecule is O=c1c2cnn(-c3ccc(F)cc3)c2ncn1CC(O)COCc1cccs1. The molecule has 7 nitrogen and oxygen atoms in total. The van der Waals surface area contributed by atoms with E-state index >= 15 is 0 Å². The minimum atomic E-state index is -0.843. The first kappa shape index (κ1) is 18.5. The summed E-state index contributed by atoms with van der Waals surface area (Å²) >= 11 is 1.58. The van der Waals surface area contributed by atoms with E-state index in [-0.39, 0.29) is 24.5 Å². The first-order valence-corrected chi connectivity index (χ1v) is 9.47. The van der Waals surface area contributed by atoms with E-state index in [9.17, 15) is 14.3 Å². The molecule has 4 rings (SSSR count). The quantitative estimate of drug-likeness (QED) is 0.515. The van der Waals surface area contributed by atoms with E-state index in [0.717, 1.165) is 4.88 Å². The number of benzene rings is 1. The fourth-order valence-electron chi connectivity index (χ4n) is 2.82. The number of halogens is 1. The van der Waals surface area contributed by atoms with E-state index in [1.165, 1.54) is 33.9 Å². The van der Waals surface area contributed by atoms with Crippen LogP contribution in [0.3, 0.4) is 0 Å². The molecule has 1 aromatic carbocycles. The Labute approximate surface area is 163 Å². The lowest BCUT2D eigenvalue weighted by molar-refractivity contribution is 0.0207. The third kappa shape index (κ3) is 3.86. The highest BCUT2D eigenvalue weighted by atomic mass is 32.1. The van der Waals surface area contributed by atoms with E-state index in [1.54, 1.807) is 23.5 Å². The Bertz CT molecular complexity index is 1120. The van der Waals surface area contributed by atoms with Gasteiger partial charge in [0.2, 0.25) is 0 Å². The zero-order chi connectivity index (χ0) is 19.5. The molecule has 0 saturated heterocycles. The van der Waals surface area contributed by atoms with Gasteiger partial charge in [0.1, 0.15) is 17.5 Å². The number of hydrogen-bond donors (Lipinski definition) is 1.